The second kappa shape index (κ2) is 5.29. The number of fused-ring (bicyclic) bond motifs is 1. The zero-order valence-corrected chi connectivity index (χ0v) is 10.8. The van der Waals surface area contributed by atoms with Crippen molar-refractivity contribution in [3.63, 3.8) is 0 Å². The molecule has 0 saturated carbocycles. The highest BCUT2D eigenvalue weighted by Gasteiger charge is 2.32. The molecule has 1 saturated heterocycles. The van der Waals surface area contributed by atoms with E-state index in [0.717, 1.165) is 25.3 Å². The Kier molecular flexibility index (Phi) is 3.52. The Hall–Kier alpha value is -1.06. The van der Waals surface area contributed by atoms with Crippen LogP contribution in [0.25, 0.3) is 0 Å². The van der Waals surface area contributed by atoms with E-state index in [1.807, 2.05) is 0 Å². The Labute approximate surface area is 109 Å². The lowest BCUT2D eigenvalue weighted by Gasteiger charge is -2.43. The number of hydrogen-bond acceptors (Lipinski definition) is 3. The van der Waals surface area contributed by atoms with Gasteiger partial charge in [-0.15, -0.1) is 0 Å². The summed E-state index contributed by atoms with van der Waals surface area (Å²) in [5.41, 5.74) is 7.30. The molecule has 0 aliphatic carbocycles. The standard InChI is InChI=1S/C15H22N2O/c16-11-12-5-3-4-9-17(12)14-8-10-18-15-7-2-1-6-13(14)15/h1-2,6-7,12,14H,3-5,8-11,16H2. The number of para-hydroxylation sites is 1. The molecule has 2 aliphatic heterocycles. The highest BCUT2D eigenvalue weighted by Crippen LogP contribution is 2.38. The molecule has 0 amide bonds. The number of likely N-dealkylation sites (tertiary alicyclic amines) is 1. The third-order valence-electron chi connectivity index (χ3n) is 4.27. The van der Waals surface area contributed by atoms with Crippen LogP contribution >= 0.6 is 0 Å². The fourth-order valence-corrected chi connectivity index (χ4v) is 3.35. The predicted molar refractivity (Wildman–Crippen MR) is 72.7 cm³/mol. The van der Waals surface area contributed by atoms with Crippen molar-refractivity contribution in [1.82, 2.24) is 4.90 Å². The van der Waals surface area contributed by atoms with E-state index >= 15 is 0 Å². The minimum Gasteiger partial charge on any atom is -0.493 e. The van der Waals surface area contributed by atoms with Gasteiger partial charge < -0.3 is 10.5 Å². The van der Waals surface area contributed by atoms with E-state index in [-0.39, 0.29) is 0 Å². The van der Waals surface area contributed by atoms with Crippen LogP contribution in [0.4, 0.5) is 0 Å². The molecule has 2 heterocycles. The average molecular weight is 246 g/mol. The van der Waals surface area contributed by atoms with Crippen LogP contribution in [-0.4, -0.2) is 30.6 Å². The molecular formula is C15H22N2O. The summed E-state index contributed by atoms with van der Waals surface area (Å²) in [5, 5.41) is 0. The quantitative estimate of drug-likeness (QED) is 0.870. The van der Waals surface area contributed by atoms with Gasteiger partial charge in [0.2, 0.25) is 0 Å². The zero-order valence-electron chi connectivity index (χ0n) is 10.8. The third-order valence-corrected chi connectivity index (χ3v) is 4.27. The third kappa shape index (κ3) is 2.13. The summed E-state index contributed by atoms with van der Waals surface area (Å²) in [5.74, 6) is 1.06. The number of ether oxygens (including phenoxy) is 1. The second-order valence-corrected chi connectivity index (χ2v) is 5.31. The van der Waals surface area contributed by atoms with E-state index in [9.17, 15) is 0 Å². The molecule has 2 aliphatic rings. The average Bonchev–Trinajstić information content (AvgIpc) is 2.46. The van der Waals surface area contributed by atoms with Crippen molar-refractivity contribution in [3.8, 4) is 5.75 Å². The number of benzene rings is 1. The molecule has 1 fully saturated rings. The Balaban J connectivity index is 1.88. The molecule has 0 aromatic heterocycles. The first-order valence-electron chi connectivity index (χ1n) is 7.07. The fraction of sp³-hybridized carbons (Fsp3) is 0.600. The van der Waals surface area contributed by atoms with Crippen molar-refractivity contribution in [2.24, 2.45) is 5.73 Å². The summed E-state index contributed by atoms with van der Waals surface area (Å²) >= 11 is 0. The Morgan fingerprint density at radius 3 is 3.00 bits per heavy atom. The topological polar surface area (TPSA) is 38.5 Å². The van der Waals surface area contributed by atoms with E-state index in [0.29, 0.717) is 12.1 Å². The van der Waals surface area contributed by atoms with Gasteiger partial charge in [0, 0.05) is 30.6 Å². The summed E-state index contributed by atoms with van der Waals surface area (Å²) in [6.07, 6.45) is 4.96. The molecule has 3 nitrogen and oxygen atoms in total. The van der Waals surface area contributed by atoms with Crippen molar-refractivity contribution in [2.75, 3.05) is 19.7 Å². The Morgan fingerprint density at radius 1 is 1.22 bits per heavy atom. The van der Waals surface area contributed by atoms with Gasteiger partial charge in [-0.3, -0.25) is 4.90 Å². The molecule has 0 radical (unpaired) electrons. The first-order chi connectivity index (χ1) is 8.90. The summed E-state index contributed by atoms with van der Waals surface area (Å²) in [4.78, 5) is 2.62. The van der Waals surface area contributed by atoms with Crippen LogP contribution in [0.15, 0.2) is 24.3 Å². The molecule has 98 valence electrons. The van der Waals surface area contributed by atoms with Gasteiger partial charge in [-0.2, -0.15) is 0 Å². The monoisotopic (exact) mass is 246 g/mol. The van der Waals surface area contributed by atoms with E-state index in [1.54, 1.807) is 0 Å². The summed E-state index contributed by atoms with van der Waals surface area (Å²) in [6, 6.07) is 9.52. The van der Waals surface area contributed by atoms with Gasteiger partial charge in [-0.05, 0) is 25.5 Å². The largest absolute Gasteiger partial charge is 0.493 e. The molecule has 18 heavy (non-hydrogen) atoms. The molecular weight excluding hydrogens is 224 g/mol. The van der Waals surface area contributed by atoms with Crippen LogP contribution < -0.4 is 10.5 Å². The molecule has 2 atom stereocenters. The first-order valence-corrected chi connectivity index (χ1v) is 7.07. The molecule has 0 spiro atoms. The van der Waals surface area contributed by atoms with Gasteiger partial charge in [0.15, 0.2) is 0 Å². The fourth-order valence-electron chi connectivity index (χ4n) is 3.35. The van der Waals surface area contributed by atoms with Crippen LogP contribution in [0.3, 0.4) is 0 Å². The summed E-state index contributed by atoms with van der Waals surface area (Å²) in [6.45, 7) is 2.79. The minimum absolute atomic E-state index is 0.504. The van der Waals surface area contributed by atoms with Gasteiger partial charge >= 0.3 is 0 Å². The highest BCUT2D eigenvalue weighted by molar-refractivity contribution is 5.37. The zero-order chi connectivity index (χ0) is 12.4. The summed E-state index contributed by atoms with van der Waals surface area (Å²) in [7, 11) is 0. The summed E-state index contributed by atoms with van der Waals surface area (Å²) < 4.78 is 5.76. The van der Waals surface area contributed by atoms with Crippen molar-refractivity contribution in [2.45, 2.75) is 37.8 Å². The smallest absolute Gasteiger partial charge is 0.124 e. The van der Waals surface area contributed by atoms with E-state index in [4.69, 9.17) is 10.5 Å². The predicted octanol–water partition coefficient (Wildman–Crippen LogP) is 2.32. The number of hydrogen-bond donors (Lipinski definition) is 1. The van der Waals surface area contributed by atoms with E-state index in [2.05, 4.69) is 29.2 Å². The first kappa shape index (κ1) is 12.0. The number of nitrogens with zero attached hydrogens (tertiary/aromatic N) is 1. The molecule has 0 bridgehead atoms. The van der Waals surface area contributed by atoms with Crippen molar-refractivity contribution in [3.05, 3.63) is 29.8 Å². The van der Waals surface area contributed by atoms with Crippen LogP contribution in [-0.2, 0) is 0 Å². The molecule has 3 rings (SSSR count). The highest BCUT2D eigenvalue weighted by atomic mass is 16.5. The normalized spacial score (nSPS) is 28.5. The van der Waals surface area contributed by atoms with Crippen molar-refractivity contribution >= 4 is 0 Å². The SMILES string of the molecule is NCC1CCCCN1C1CCOc2ccccc21. The maximum Gasteiger partial charge on any atom is 0.124 e. The maximum atomic E-state index is 5.95. The molecule has 1 aromatic rings. The van der Waals surface area contributed by atoms with Crippen molar-refractivity contribution < 1.29 is 4.74 Å². The van der Waals surface area contributed by atoms with Crippen LogP contribution in [0, 0.1) is 0 Å². The number of piperidine rings is 1. The molecule has 2 N–H and O–H groups in total. The maximum absolute atomic E-state index is 5.95. The van der Waals surface area contributed by atoms with Gasteiger partial charge in [0.1, 0.15) is 5.75 Å². The molecule has 2 unspecified atom stereocenters. The molecule has 1 aromatic carbocycles. The van der Waals surface area contributed by atoms with Crippen LogP contribution in [0.1, 0.15) is 37.3 Å². The number of nitrogens with two attached hydrogens (primary N) is 1. The Morgan fingerprint density at radius 2 is 2.11 bits per heavy atom. The lowest BCUT2D eigenvalue weighted by atomic mass is 9.93. The van der Waals surface area contributed by atoms with E-state index < -0.39 is 0 Å². The van der Waals surface area contributed by atoms with Gasteiger partial charge in [0.05, 0.1) is 6.61 Å². The number of rotatable bonds is 2. The van der Waals surface area contributed by atoms with Crippen LogP contribution in [0.5, 0.6) is 5.75 Å². The van der Waals surface area contributed by atoms with Gasteiger partial charge in [0.25, 0.3) is 0 Å². The van der Waals surface area contributed by atoms with Gasteiger partial charge in [-0.1, -0.05) is 24.6 Å². The van der Waals surface area contributed by atoms with Crippen LogP contribution in [0.2, 0.25) is 0 Å². The van der Waals surface area contributed by atoms with E-state index in [1.165, 1.54) is 31.4 Å². The second-order valence-electron chi connectivity index (χ2n) is 5.31. The lowest BCUT2D eigenvalue weighted by Crippen LogP contribution is -2.47. The Bertz CT molecular complexity index is 407. The van der Waals surface area contributed by atoms with Gasteiger partial charge in [-0.25, -0.2) is 0 Å². The lowest BCUT2D eigenvalue weighted by molar-refractivity contribution is 0.0713. The minimum atomic E-state index is 0.504. The van der Waals surface area contributed by atoms with Crippen molar-refractivity contribution in [1.29, 1.82) is 0 Å². The molecule has 3 heteroatoms.